The summed E-state index contributed by atoms with van der Waals surface area (Å²) in [5.41, 5.74) is 8.92. The minimum Gasteiger partial charge on any atom is -0.378 e. The van der Waals surface area contributed by atoms with E-state index in [0.29, 0.717) is 5.95 Å². The van der Waals surface area contributed by atoms with Crippen molar-refractivity contribution in [1.29, 1.82) is 0 Å². The molecule has 2 rings (SSSR count). The normalized spacial score (nSPS) is 10.8. The van der Waals surface area contributed by atoms with Crippen molar-refractivity contribution in [3.63, 3.8) is 0 Å². The summed E-state index contributed by atoms with van der Waals surface area (Å²) in [6.45, 7) is 1.96. The second-order valence-corrected chi connectivity index (χ2v) is 3.59. The number of fused-ring (bicyclic) bond motifs is 1. The quantitative estimate of drug-likeness (QED) is 0.737. The summed E-state index contributed by atoms with van der Waals surface area (Å²) in [6.07, 6.45) is 1.94. The van der Waals surface area contributed by atoms with Gasteiger partial charge in [-0.25, -0.2) is 4.98 Å². The van der Waals surface area contributed by atoms with Gasteiger partial charge in [0.05, 0.1) is 11.2 Å². The Morgan fingerprint density at radius 3 is 2.79 bits per heavy atom. The number of hydrogen-bond donors (Lipinski definition) is 1. The first-order chi connectivity index (χ1) is 6.59. The fourth-order valence-corrected chi connectivity index (χ4v) is 1.53. The maximum atomic E-state index is 5.74. The lowest BCUT2D eigenvalue weighted by atomic mass is 10.3. The molecule has 4 nitrogen and oxygen atoms in total. The molecule has 0 bridgehead atoms. The van der Waals surface area contributed by atoms with Crippen LogP contribution in [0.25, 0.3) is 5.52 Å². The Hall–Kier alpha value is -1.71. The van der Waals surface area contributed by atoms with E-state index in [1.54, 1.807) is 0 Å². The summed E-state index contributed by atoms with van der Waals surface area (Å²) in [6, 6.07) is 4.10. The summed E-state index contributed by atoms with van der Waals surface area (Å²) >= 11 is 0. The molecule has 0 fully saturated rings. The van der Waals surface area contributed by atoms with Gasteiger partial charge in [0, 0.05) is 26.0 Å². The lowest BCUT2D eigenvalue weighted by Crippen LogP contribution is -2.08. The van der Waals surface area contributed by atoms with Crippen molar-refractivity contribution in [3.05, 3.63) is 24.0 Å². The van der Waals surface area contributed by atoms with Crippen molar-refractivity contribution in [3.8, 4) is 0 Å². The Labute approximate surface area is 83.0 Å². The molecular formula is C10H14N4. The molecule has 2 heterocycles. The molecule has 0 atom stereocenters. The number of rotatable bonds is 1. The summed E-state index contributed by atoms with van der Waals surface area (Å²) in [7, 11) is 4.03. The number of hydrogen-bond acceptors (Lipinski definition) is 3. The Kier molecular flexibility index (Phi) is 1.84. The van der Waals surface area contributed by atoms with Gasteiger partial charge in [0.2, 0.25) is 5.95 Å². The molecule has 0 aliphatic heterocycles. The highest BCUT2D eigenvalue weighted by atomic mass is 15.1. The molecular weight excluding hydrogens is 176 g/mol. The van der Waals surface area contributed by atoms with Crippen LogP contribution in [0.5, 0.6) is 0 Å². The van der Waals surface area contributed by atoms with E-state index in [4.69, 9.17) is 5.73 Å². The van der Waals surface area contributed by atoms with Crippen molar-refractivity contribution in [2.45, 2.75) is 6.92 Å². The van der Waals surface area contributed by atoms with Crippen molar-refractivity contribution in [2.75, 3.05) is 24.7 Å². The zero-order chi connectivity index (χ0) is 10.3. The highest BCUT2D eigenvalue weighted by Gasteiger charge is 2.05. The molecule has 0 radical (unpaired) electrons. The zero-order valence-corrected chi connectivity index (χ0v) is 8.65. The summed E-state index contributed by atoms with van der Waals surface area (Å²) in [5, 5.41) is 0. The molecule has 0 amide bonds. The standard InChI is InChI=1S/C10H14N4/c1-7-9-6-8(13(2)3)4-5-14(9)10(11)12-7/h4-6H,1-3H3,(H2,11,12). The smallest absolute Gasteiger partial charge is 0.205 e. The van der Waals surface area contributed by atoms with E-state index in [9.17, 15) is 0 Å². The Balaban J connectivity index is 2.71. The number of pyridine rings is 1. The van der Waals surface area contributed by atoms with Crippen molar-refractivity contribution < 1.29 is 0 Å². The number of aromatic nitrogens is 2. The lowest BCUT2D eigenvalue weighted by molar-refractivity contribution is 1.11. The van der Waals surface area contributed by atoms with Gasteiger partial charge in [0.1, 0.15) is 0 Å². The fourth-order valence-electron chi connectivity index (χ4n) is 1.53. The lowest BCUT2D eigenvalue weighted by Gasteiger charge is -2.12. The minimum absolute atomic E-state index is 0.544. The van der Waals surface area contributed by atoms with Crippen LogP contribution >= 0.6 is 0 Å². The number of aryl methyl sites for hydroxylation is 1. The molecule has 2 aromatic rings. The third-order valence-electron chi connectivity index (χ3n) is 2.35. The first-order valence-corrected chi connectivity index (χ1v) is 4.51. The SMILES string of the molecule is Cc1nc(N)n2ccc(N(C)C)cc12. The predicted molar refractivity (Wildman–Crippen MR) is 58.7 cm³/mol. The van der Waals surface area contributed by atoms with Crippen LogP contribution in [0.3, 0.4) is 0 Å². The van der Waals surface area contributed by atoms with Crippen molar-refractivity contribution >= 4 is 17.2 Å². The van der Waals surface area contributed by atoms with Crippen LogP contribution in [0.1, 0.15) is 5.69 Å². The molecule has 0 aliphatic rings. The highest BCUT2D eigenvalue weighted by molar-refractivity contribution is 5.64. The maximum Gasteiger partial charge on any atom is 0.205 e. The van der Waals surface area contributed by atoms with Crippen molar-refractivity contribution in [2.24, 2.45) is 0 Å². The van der Waals surface area contributed by atoms with E-state index >= 15 is 0 Å². The molecule has 0 spiro atoms. The third kappa shape index (κ3) is 1.19. The number of anilines is 2. The molecule has 0 aromatic carbocycles. The number of nitrogens with two attached hydrogens (primary N) is 1. The van der Waals surface area contributed by atoms with Gasteiger partial charge < -0.3 is 10.6 Å². The molecule has 4 heteroatoms. The Bertz CT molecular complexity index is 470. The number of nitrogen functional groups attached to an aromatic ring is 1. The summed E-state index contributed by atoms with van der Waals surface area (Å²) in [5.74, 6) is 0.544. The average Bonchev–Trinajstić information content (AvgIpc) is 2.42. The van der Waals surface area contributed by atoms with Crippen LogP contribution in [-0.2, 0) is 0 Å². The summed E-state index contributed by atoms with van der Waals surface area (Å²) < 4.78 is 1.89. The molecule has 0 unspecified atom stereocenters. The molecule has 14 heavy (non-hydrogen) atoms. The molecule has 0 aliphatic carbocycles. The van der Waals surface area contributed by atoms with Gasteiger partial charge in [0.25, 0.3) is 0 Å². The second-order valence-electron chi connectivity index (χ2n) is 3.59. The van der Waals surface area contributed by atoms with Crippen LogP contribution in [0, 0.1) is 6.92 Å². The van der Waals surface area contributed by atoms with Crippen LogP contribution in [0.15, 0.2) is 18.3 Å². The van der Waals surface area contributed by atoms with Gasteiger partial charge >= 0.3 is 0 Å². The summed E-state index contributed by atoms with van der Waals surface area (Å²) in [4.78, 5) is 6.27. The molecule has 74 valence electrons. The molecule has 0 saturated heterocycles. The van der Waals surface area contributed by atoms with Crippen LogP contribution in [0.2, 0.25) is 0 Å². The van der Waals surface area contributed by atoms with Gasteiger partial charge in [-0.3, -0.25) is 4.40 Å². The number of imidazole rings is 1. The van der Waals surface area contributed by atoms with Gasteiger partial charge in [-0.2, -0.15) is 0 Å². The largest absolute Gasteiger partial charge is 0.378 e. The minimum atomic E-state index is 0.544. The monoisotopic (exact) mass is 190 g/mol. The van der Waals surface area contributed by atoms with Crippen molar-refractivity contribution in [1.82, 2.24) is 9.38 Å². The fraction of sp³-hybridized carbons (Fsp3) is 0.300. The van der Waals surface area contributed by atoms with Gasteiger partial charge in [0.15, 0.2) is 0 Å². The Morgan fingerprint density at radius 2 is 2.14 bits per heavy atom. The molecule has 2 N–H and O–H groups in total. The van der Waals surface area contributed by atoms with E-state index in [1.165, 1.54) is 0 Å². The highest BCUT2D eigenvalue weighted by Crippen LogP contribution is 2.19. The Morgan fingerprint density at radius 1 is 1.43 bits per heavy atom. The third-order valence-corrected chi connectivity index (χ3v) is 2.35. The maximum absolute atomic E-state index is 5.74. The van der Waals surface area contributed by atoms with Crippen LogP contribution in [-0.4, -0.2) is 23.5 Å². The molecule has 0 saturated carbocycles. The van der Waals surface area contributed by atoms with Gasteiger partial charge in [-0.15, -0.1) is 0 Å². The van der Waals surface area contributed by atoms with E-state index < -0.39 is 0 Å². The van der Waals surface area contributed by atoms with Crippen LogP contribution < -0.4 is 10.6 Å². The topological polar surface area (TPSA) is 46.6 Å². The first kappa shape index (κ1) is 8.87. The van der Waals surface area contributed by atoms with E-state index in [2.05, 4.69) is 16.0 Å². The predicted octanol–water partition coefficient (Wildman–Crippen LogP) is 1.29. The molecule has 2 aromatic heterocycles. The van der Waals surface area contributed by atoms with E-state index in [0.717, 1.165) is 16.9 Å². The van der Waals surface area contributed by atoms with Crippen LogP contribution in [0.4, 0.5) is 11.6 Å². The van der Waals surface area contributed by atoms with Gasteiger partial charge in [-0.1, -0.05) is 0 Å². The average molecular weight is 190 g/mol. The van der Waals surface area contributed by atoms with E-state index in [1.807, 2.05) is 37.7 Å². The van der Waals surface area contributed by atoms with E-state index in [-0.39, 0.29) is 0 Å². The zero-order valence-electron chi connectivity index (χ0n) is 8.65. The first-order valence-electron chi connectivity index (χ1n) is 4.51. The van der Waals surface area contributed by atoms with Gasteiger partial charge in [-0.05, 0) is 19.1 Å². The second kappa shape index (κ2) is 2.90. The number of nitrogens with zero attached hydrogens (tertiary/aromatic N) is 3.